The number of halogens is 1. The molecule has 0 aliphatic rings. The molecule has 0 atom stereocenters. The molecule has 0 bridgehead atoms. The molecule has 9 heteroatoms. The number of amides is 1. The average molecular weight is 392 g/mol. The third kappa shape index (κ3) is 3.62. The van der Waals surface area contributed by atoms with E-state index in [1.165, 1.54) is 29.2 Å². The zero-order valence-electron chi connectivity index (χ0n) is 15.8. The summed E-state index contributed by atoms with van der Waals surface area (Å²) in [5.74, 6) is -0.952. The zero-order valence-corrected chi connectivity index (χ0v) is 15.8. The monoisotopic (exact) mass is 392 g/mol. The van der Waals surface area contributed by atoms with Gasteiger partial charge in [0, 0.05) is 5.69 Å². The van der Waals surface area contributed by atoms with Crippen molar-refractivity contribution in [1.29, 1.82) is 0 Å². The summed E-state index contributed by atoms with van der Waals surface area (Å²) in [5, 5.41) is 10.5. The first-order valence-electron chi connectivity index (χ1n) is 8.86. The average Bonchev–Trinajstić information content (AvgIpc) is 3.11. The number of aromatic nitrogens is 5. The molecule has 1 N–H and O–H groups in total. The molecule has 0 unspecified atom stereocenters. The van der Waals surface area contributed by atoms with E-state index in [0.29, 0.717) is 11.3 Å². The van der Waals surface area contributed by atoms with E-state index in [1.54, 1.807) is 6.07 Å². The lowest BCUT2D eigenvalue weighted by atomic mass is 10.1. The fourth-order valence-electron chi connectivity index (χ4n) is 2.91. The number of hydrogen-bond acceptors (Lipinski definition) is 5. The second-order valence-electron chi connectivity index (χ2n) is 6.68. The number of hydrogen-bond donors (Lipinski definition) is 1. The molecule has 29 heavy (non-hydrogen) atoms. The molecule has 0 aliphatic carbocycles. The number of nitrogens with one attached hydrogen (secondary N) is 1. The Bertz CT molecular complexity index is 1290. The van der Waals surface area contributed by atoms with Crippen molar-refractivity contribution in [2.24, 2.45) is 0 Å². The number of carbonyl (C=O) groups is 1. The summed E-state index contributed by atoms with van der Waals surface area (Å²) >= 11 is 0. The maximum absolute atomic E-state index is 13.2. The van der Waals surface area contributed by atoms with Gasteiger partial charge in [0.1, 0.15) is 18.7 Å². The Kier molecular flexibility index (Phi) is 4.63. The third-order valence-electron chi connectivity index (χ3n) is 4.59. The van der Waals surface area contributed by atoms with Crippen LogP contribution in [0.5, 0.6) is 0 Å². The van der Waals surface area contributed by atoms with E-state index in [1.807, 2.05) is 32.0 Å². The SMILES string of the molecule is Cc1ccc(-n2nnc3c(=O)n(CC(=O)Nc4cccc(F)c4)cnc32)cc1C. The first kappa shape index (κ1) is 18.5. The second kappa shape index (κ2) is 7.27. The van der Waals surface area contributed by atoms with E-state index in [4.69, 9.17) is 0 Å². The van der Waals surface area contributed by atoms with Crippen LogP contribution in [0.1, 0.15) is 11.1 Å². The molecule has 0 saturated carbocycles. The highest BCUT2D eigenvalue weighted by Crippen LogP contribution is 2.16. The van der Waals surface area contributed by atoms with Gasteiger partial charge in [-0.2, -0.15) is 4.68 Å². The largest absolute Gasteiger partial charge is 0.324 e. The minimum atomic E-state index is -0.487. The molecule has 0 spiro atoms. The van der Waals surface area contributed by atoms with Gasteiger partial charge in [-0.1, -0.05) is 17.3 Å². The maximum Gasteiger partial charge on any atom is 0.284 e. The summed E-state index contributed by atoms with van der Waals surface area (Å²) in [5.41, 5.74) is 3.14. The third-order valence-corrected chi connectivity index (χ3v) is 4.59. The van der Waals surface area contributed by atoms with Crippen molar-refractivity contribution in [2.75, 3.05) is 5.32 Å². The topological polar surface area (TPSA) is 94.7 Å². The molecule has 0 radical (unpaired) electrons. The van der Waals surface area contributed by atoms with Gasteiger partial charge in [0.05, 0.1) is 5.69 Å². The Morgan fingerprint density at radius 1 is 1.14 bits per heavy atom. The van der Waals surface area contributed by atoms with Gasteiger partial charge in [-0.05, 0) is 55.3 Å². The van der Waals surface area contributed by atoms with Gasteiger partial charge in [-0.15, -0.1) is 5.10 Å². The van der Waals surface area contributed by atoms with Crippen molar-refractivity contribution in [3.8, 4) is 5.69 Å². The Hall–Kier alpha value is -3.88. The molecule has 2 aromatic carbocycles. The van der Waals surface area contributed by atoms with Crippen LogP contribution in [0.2, 0.25) is 0 Å². The minimum Gasteiger partial charge on any atom is -0.324 e. The standard InChI is InChI=1S/C20H17FN6O2/c1-12-6-7-16(8-13(12)2)27-19-18(24-25-27)20(29)26(11-22-19)10-17(28)23-15-5-3-4-14(21)9-15/h3-9,11H,10H2,1-2H3,(H,23,28). The fourth-order valence-corrected chi connectivity index (χ4v) is 2.91. The molecule has 0 fully saturated rings. The van der Waals surface area contributed by atoms with Crippen molar-refractivity contribution in [3.05, 3.63) is 76.1 Å². The van der Waals surface area contributed by atoms with Crippen LogP contribution >= 0.6 is 0 Å². The number of carbonyl (C=O) groups excluding carboxylic acids is 1. The van der Waals surface area contributed by atoms with Crippen LogP contribution in [0, 0.1) is 19.7 Å². The first-order chi connectivity index (χ1) is 13.9. The van der Waals surface area contributed by atoms with E-state index in [9.17, 15) is 14.0 Å². The van der Waals surface area contributed by atoms with Crippen molar-refractivity contribution < 1.29 is 9.18 Å². The fraction of sp³-hybridized carbons (Fsp3) is 0.150. The highest BCUT2D eigenvalue weighted by molar-refractivity contribution is 5.90. The van der Waals surface area contributed by atoms with Gasteiger partial charge in [0.2, 0.25) is 5.91 Å². The number of anilines is 1. The molecule has 2 aromatic heterocycles. The highest BCUT2D eigenvalue weighted by atomic mass is 19.1. The Labute approximate surface area is 164 Å². The molecule has 4 rings (SSSR count). The van der Waals surface area contributed by atoms with Gasteiger partial charge in [-0.3, -0.25) is 14.2 Å². The lowest BCUT2D eigenvalue weighted by molar-refractivity contribution is -0.116. The van der Waals surface area contributed by atoms with E-state index in [2.05, 4.69) is 20.6 Å². The number of fused-ring (bicyclic) bond motifs is 1. The van der Waals surface area contributed by atoms with Crippen LogP contribution in [-0.4, -0.2) is 30.5 Å². The quantitative estimate of drug-likeness (QED) is 0.575. The van der Waals surface area contributed by atoms with Crippen molar-refractivity contribution in [2.45, 2.75) is 20.4 Å². The van der Waals surface area contributed by atoms with Crippen LogP contribution in [0.3, 0.4) is 0 Å². The van der Waals surface area contributed by atoms with Crippen LogP contribution in [0.4, 0.5) is 10.1 Å². The zero-order chi connectivity index (χ0) is 20.5. The lowest BCUT2D eigenvalue weighted by Gasteiger charge is -2.08. The Balaban J connectivity index is 1.62. The van der Waals surface area contributed by atoms with Gasteiger partial charge < -0.3 is 5.32 Å². The minimum absolute atomic E-state index is 0.0595. The molecule has 0 saturated heterocycles. The molecule has 4 aromatic rings. The first-order valence-corrected chi connectivity index (χ1v) is 8.86. The number of rotatable bonds is 4. The van der Waals surface area contributed by atoms with E-state index in [0.717, 1.165) is 21.4 Å². The van der Waals surface area contributed by atoms with Crippen molar-refractivity contribution in [1.82, 2.24) is 24.5 Å². The number of nitrogens with zero attached hydrogens (tertiary/aromatic N) is 5. The molecule has 1 amide bonds. The van der Waals surface area contributed by atoms with Gasteiger partial charge in [0.15, 0.2) is 11.2 Å². The normalized spacial score (nSPS) is 11.0. The molecule has 146 valence electrons. The summed E-state index contributed by atoms with van der Waals surface area (Å²) in [6, 6.07) is 11.3. The lowest BCUT2D eigenvalue weighted by Crippen LogP contribution is -2.28. The summed E-state index contributed by atoms with van der Waals surface area (Å²) in [6.07, 6.45) is 1.27. The molecular weight excluding hydrogens is 375 g/mol. The van der Waals surface area contributed by atoms with Crippen molar-refractivity contribution >= 4 is 22.8 Å². The van der Waals surface area contributed by atoms with E-state index in [-0.39, 0.29) is 12.1 Å². The van der Waals surface area contributed by atoms with Crippen LogP contribution < -0.4 is 10.9 Å². The smallest absolute Gasteiger partial charge is 0.284 e. The van der Waals surface area contributed by atoms with E-state index >= 15 is 0 Å². The predicted octanol–water partition coefficient (Wildman–Crippen LogP) is 2.37. The highest BCUT2D eigenvalue weighted by Gasteiger charge is 2.15. The molecule has 0 aliphatic heterocycles. The maximum atomic E-state index is 13.2. The van der Waals surface area contributed by atoms with Gasteiger partial charge in [-0.25, -0.2) is 9.37 Å². The summed E-state index contributed by atoms with van der Waals surface area (Å²) in [7, 11) is 0. The molecular formula is C20H17FN6O2. The predicted molar refractivity (Wildman–Crippen MR) is 105 cm³/mol. The van der Waals surface area contributed by atoms with Crippen LogP contribution in [0.25, 0.3) is 16.9 Å². The number of benzene rings is 2. The van der Waals surface area contributed by atoms with Crippen LogP contribution in [-0.2, 0) is 11.3 Å². The van der Waals surface area contributed by atoms with Crippen LogP contribution in [0.15, 0.2) is 53.6 Å². The van der Waals surface area contributed by atoms with Gasteiger partial charge >= 0.3 is 0 Å². The Morgan fingerprint density at radius 2 is 1.97 bits per heavy atom. The Morgan fingerprint density at radius 3 is 2.72 bits per heavy atom. The molecule has 8 nitrogen and oxygen atoms in total. The second-order valence-corrected chi connectivity index (χ2v) is 6.68. The number of aryl methyl sites for hydroxylation is 2. The summed E-state index contributed by atoms with van der Waals surface area (Å²) < 4.78 is 15.9. The van der Waals surface area contributed by atoms with Crippen molar-refractivity contribution in [3.63, 3.8) is 0 Å². The summed E-state index contributed by atoms with van der Waals surface area (Å²) in [6.45, 7) is 3.70. The van der Waals surface area contributed by atoms with Gasteiger partial charge in [0.25, 0.3) is 5.56 Å². The molecule has 2 heterocycles. The van der Waals surface area contributed by atoms with E-state index < -0.39 is 17.3 Å². The summed E-state index contributed by atoms with van der Waals surface area (Å²) in [4.78, 5) is 29.2.